The fourth-order valence-electron chi connectivity index (χ4n) is 5.61. The number of hydrogen-bond donors (Lipinski definition) is 1. The summed E-state index contributed by atoms with van der Waals surface area (Å²) >= 11 is 0. The highest BCUT2D eigenvalue weighted by molar-refractivity contribution is 5.40. The molecule has 0 saturated heterocycles. The fourth-order valence-corrected chi connectivity index (χ4v) is 5.61. The van der Waals surface area contributed by atoms with Gasteiger partial charge in [-0.05, 0) is 67.4 Å². The van der Waals surface area contributed by atoms with Crippen molar-refractivity contribution in [2.45, 2.75) is 84.2 Å². The largest absolute Gasteiger partial charge is 0.402 e. The van der Waals surface area contributed by atoms with E-state index in [2.05, 4.69) is 44.4 Å². The van der Waals surface area contributed by atoms with Crippen LogP contribution in [0.4, 0.5) is 17.6 Å². The lowest BCUT2D eigenvalue weighted by molar-refractivity contribution is -0.153. The zero-order valence-corrected chi connectivity index (χ0v) is 19.2. The Balaban J connectivity index is 1.73. The maximum absolute atomic E-state index is 14.1. The minimum atomic E-state index is -4.28. The number of aliphatic hydroxyl groups is 1. The van der Waals surface area contributed by atoms with E-state index in [0.717, 1.165) is 38.2 Å². The average Bonchev–Trinajstić information content (AvgIpc) is 3.06. The molecule has 176 valence electrons. The molecule has 0 aromatic rings. The normalized spacial score (nSPS) is 35.2. The maximum atomic E-state index is 14.1. The van der Waals surface area contributed by atoms with E-state index in [0.29, 0.717) is 24.3 Å². The smallest absolute Gasteiger partial charge is 0.393 e. The van der Waals surface area contributed by atoms with Crippen LogP contribution in [0.3, 0.4) is 0 Å². The summed E-state index contributed by atoms with van der Waals surface area (Å²) in [5.41, 5.74) is 3.85. The third-order valence-electron chi connectivity index (χ3n) is 7.58. The van der Waals surface area contributed by atoms with Crippen molar-refractivity contribution < 1.29 is 22.7 Å². The molecule has 3 rings (SSSR count). The van der Waals surface area contributed by atoms with Crippen molar-refractivity contribution in [2.75, 3.05) is 0 Å². The summed E-state index contributed by atoms with van der Waals surface area (Å²) in [6.07, 6.45) is 5.10. The molecule has 0 aromatic heterocycles. The van der Waals surface area contributed by atoms with Gasteiger partial charge in [0.05, 0.1) is 6.10 Å². The van der Waals surface area contributed by atoms with Crippen LogP contribution in [0, 0.1) is 35.0 Å². The van der Waals surface area contributed by atoms with Crippen molar-refractivity contribution in [3.63, 3.8) is 0 Å². The molecule has 3 aliphatic carbocycles. The predicted octanol–water partition coefficient (Wildman–Crippen LogP) is 7.25. The topological polar surface area (TPSA) is 20.2 Å². The van der Waals surface area contributed by atoms with Crippen LogP contribution in [0.25, 0.3) is 0 Å². The molecule has 2 fully saturated rings. The van der Waals surface area contributed by atoms with E-state index in [1.54, 1.807) is 0 Å². The van der Waals surface area contributed by atoms with Gasteiger partial charge in [0, 0.05) is 12.8 Å². The SMILES string of the molecule is C=C1/C(=C\C=C2/CCC[C@]3(C)C([C@H](C)CC#CC(C)C(F)(F)F)=CC[C@@H]23)C[C@@H](O)C[C@@H]1F. The van der Waals surface area contributed by atoms with E-state index in [-0.39, 0.29) is 17.8 Å². The zero-order valence-electron chi connectivity index (χ0n) is 19.2. The minimum Gasteiger partial charge on any atom is -0.393 e. The Morgan fingerprint density at radius 1 is 1.31 bits per heavy atom. The Morgan fingerprint density at radius 2 is 2.03 bits per heavy atom. The minimum absolute atomic E-state index is 0.0228. The lowest BCUT2D eigenvalue weighted by Crippen LogP contribution is -2.32. The molecule has 1 nitrogen and oxygen atoms in total. The predicted molar refractivity (Wildman–Crippen MR) is 120 cm³/mol. The average molecular weight is 451 g/mol. The molecular formula is C27H34F4O. The Kier molecular flexibility index (Phi) is 7.44. The van der Waals surface area contributed by atoms with Gasteiger partial charge in [0.1, 0.15) is 12.1 Å². The number of fused-ring (bicyclic) bond motifs is 1. The van der Waals surface area contributed by atoms with E-state index >= 15 is 0 Å². The van der Waals surface area contributed by atoms with Crippen LogP contribution >= 0.6 is 0 Å². The summed E-state index contributed by atoms with van der Waals surface area (Å²) in [6.45, 7) is 9.29. The monoisotopic (exact) mass is 450 g/mol. The Hall–Kier alpha value is -1.80. The van der Waals surface area contributed by atoms with E-state index in [1.165, 1.54) is 11.1 Å². The number of alkyl halides is 4. The van der Waals surface area contributed by atoms with Gasteiger partial charge in [-0.15, -0.1) is 5.92 Å². The third kappa shape index (κ3) is 5.22. The first-order chi connectivity index (χ1) is 14.9. The lowest BCUT2D eigenvalue weighted by atomic mass is 9.62. The molecule has 1 N–H and O–H groups in total. The van der Waals surface area contributed by atoms with Crippen molar-refractivity contribution in [3.8, 4) is 11.8 Å². The van der Waals surface area contributed by atoms with Crippen LogP contribution in [0.15, 0.2) is 47.1 Å². The molecule has 0 spiro atoms. The van der Waals surface area contributed by atoms with Gasteiger partial charge in [0.2, 0.25) is 0 Å². The summed E-state index contributed by atoms with van der Waals surface area (Å²) in [5, 5.41) is 9.92. The van der Waals surface area contributed by atoms with Gasteiger partial charge in [0.25, 0.3) is 0 Å². The first-order valence-electron chi connectivity index (χ1n) is 11.6. The molecule has 0 amide bonds. The van der Waals surface area contributed by atoms with E-state index < -0.39 is 24.4 Å². The molecule has 0 heterocycles. The van der Waals surface area contributed by atoms with Gasteiger partial charge in [-0.3, -0.25) is 0 Å². The van der Waals surface area contributed by atoms with Crippen molar-refractivity contribution in [1.82, 2.24) is 0 Å². The Morgan fingerprint density at radius 3 is 2.72 bits per heavy atom. The number of allylic oxidation sites excluding steroid dienone is 6. The molecule has 3 aliphatic rings. The van der Waals surface area contributed by atoms with Crippen LogP contribution in [0.5, 0.6) is 0 Å². The second-order valence-electron chi connectivity index (χ2n) is 9.93. The summed E-state index contributed by atoms with van der Waals surface area (Å²) in [5.74, 6) is 3.97. The number of rotatable bonds is 3. The van der Waals surface area contributed by atoms with Crippen LogP contribution in [0.2, 0.25) is 0 Å². The lowest BCUT2D eigenvalue weighted by Gasteiger charge is -2.42. The Labute approximate surface area is 189 Å². The molecule has 2 saturated carbocycles. The fraction of sp³-hybridized carbons (Fsp3) is 0.630. The summed E-state index contributed by atoms with van der Waals surface area (Å²) in [6, 6.07) is 0. The van der Waals surface area contributed by atoms with Crippen molar-refractivity contribution >= 4 is 0 Å². The second kappa shape index (κ2) is 9.59. The van der Waals surface area contributed by atoms with Gasteiger partial charge in [-0.2, -0.15) is 13.2 Å². The molecule has 0 aliphatic heterocycles. The molecule has 32 heavy (non-hydrogen) atoms. The first-order valence-corrected chi connectivity index (χ1v) is 11.6. The van der Waals surface area contributed by atoms with E-state index in [1.807, 2.05) is 6.08 Å². The highest BCUT2D eigenvalue weighted by Crippen LogP contribution is 2.56. The third-order valence-corrected chi connectivity index (χ3v) is 7.58. The zero-order chi connectivity index (χ0) is 23.7. The molecule has 0 aromatic carbocycles. The van der Waals surface area contributed by atoms with Crippen LogP contribution in [-0.4, -0.2) is 23.6 Å². The van der Waals surface area contributed by atoms with Crippen molar-refractivity contribution in [1.29, 1.82) is 0 Å². The molecule has 5 heteroatoms. The quantitative estimate of drug-likeness (QED) is 0.273. The Bertz CT molecular complexity index is 882. The number of hydrogen-bond acceptors (Lipinski definition) is 1. The van der Waals surface area contributed by atoms with E-state index in [9.17, 15) is 22.7 Å². The summed E-state index contributed by atoms with van der Waals surface area (Å²) < 4.78 is 52.2. The summed E-state index contributed by atoms with van der Waals surface area (Å²) in [4.78, 5) is 0. The van der Waals surface area contributed by atoms with E-state index in [4.69, 9.17) is 0 Å². The number of halogens is 4. The van der Waals surface area contributed by atoms with Crippen LogP contribution in [-0.2, 0) is 0 Å². The highest BCUT2D eigenvalue weighted by Gasteiger charge is 2.46. The molecular weight excluding hydrogens is 416 g/mol. The molecule has 0 radical (unpaired) electrons. The standard InChI is InChI=1S/C27H34F4O/c1-17(7-5-8-18(2)27(29,30)31)23-12-13-24-20(9-6-14-26(23,24)4)10-11-21-15-22(32)16-25(28)19(21)3/h10-12,17-18,22,24-25,32H,3,6-7,9,13-16H2,1-2,4H3/b20-10+,21-11-/t17-,18?,22-,24+,25+,26-/m1/s1. The molecule has 1 unspecified atom stereocenters. The highest BCUT2D eigenvalue weighted by atomic mass is 19.4. The van der Waals surface area contributed by atoms with Gasteiger partial charge >= 0.3 is 6.18 Å². The summed E-state index contributed by atoms with van der Waals surface area (Å²) in [7, 11) is 0. The van der Waals surface area contributed by atoms with Crippen molar-refractivity contribution in [2.24, 2.45) is 23.2 Å². The second-order valence-corrected chi connectivity index (χ2v) is 9.93. The molecule has 6 atom stereocenters. The van der Waals surface area contributed by atoms with Crippen LogP contribution in [0.1, 0.15) is 65.7 Å². The maximum Gasteiger partial charge on any atom is 0.402 e. The molecule has 0 bridgehead atoms. The van der Waals surface area contributed by atoms with Crippen molar-refractivity contribution in [3.05, 3.63) is 47.1 Å². The van der Waals surface area contributed by atoms with Gasteiger partial charge < -0.3 is 5.11 Å². The first kappa shape index (κ1) is 24.8. The van der Waals surface area contributed by atoms with Gasteiger partial charge in [-0.1, -0.05) is 55.7 Å². The van der Waals surface area contributed by atoms with Gasteiger partial charge in [-0.25, -0.2) is 4.39 Å². The van der Waals surface area contributed by atoms with Crippen LogP contribution < -0.4 is 0 Å². The number of aliphatic hydroxyl groups excluding tert-OH is 1. The van der Waals surface area contributed by atoms with Gasteiger partial charge in [0.15, 0.2) is 0 Å².